The highest BCUT2D eigenvalue weighted by Crippen LogP contribution is 2.35. The predicted molar refractivity (Wildman–Crippen MR) is 132 cm³/mol. The normalized spacial score (nSPS) is 17.7. The Bertz CT molecular complexity index is 1020. The third-order valence-corrected chi connectivity index (χ3v) is 5.60. The maximum Gasteiger partial charge on any atom is 0.411 e. The lowest BCUT2D eigenvalue weighted by atomic mass is 9.99. The van der Waals surface area contributed by atoms with E-state index in [4.69, 9.17) is 4.74 Å². The molecule has 0 unspecified atom stereocenters. The monoisotopic (exact) mass is 465 g/mol. The second kappa shape index (κ2) is 11.2. The van der Waals surface area contributed by atoms with Crippen LogP contribution in [0.4, 0.5) is 10.5 Å². The minimum atomic E-state index is -0.825. The molecule has 2 aromatic rings. The molecule has 2 aromatic carbocycles. The van der Waals surface area contributed by atoms with E-state index >= 15 is 0 Å². The van der Waals surface area contributed by atoms with E-state index in [-0.39, 0.29) is 30.2 Å². The lowest BCUT2D eigenvalue weighted by Crippen LogP contribution is -2.47. The molecular formula is C27H35N3O4. The number of ether oxygens (including phenoxy) is 1. The molecule has 1 fully saturated rings. The molecule has 0 aromatic heterocycles. The summed E-state index contributed by atoms with van der Waals surface area (Å²) in [6.45, 7) is 10.8. The van der Waals surface area contributed by atoms with E-state index in [0.717, 1.165) is 11.1 Å². The zero-order valence-electron chi connectivity index (χ0n) is 20.6. The van der Waals surface area contributed by atoms with E-state index in [9.17, 15) is 14.4 Å². The highest BCUT2D eigenvalue weighted by Gasteiger charge is 2.47. The summed E-state index contributed by atoms with van der Waals surface area (Å²) < 4.78 is 5.73. The van der Waals surface area contributed by atoms with Gasteiger partial charge in [-0.05, 0) is 42.0 Å². The van der Waals surface area contributed by atoms with Crippen molar-refractivity contribution in [2.45, 2.75) is 59.7 Å². The van der Waals surface area contributed by atoms with Gasteiger partial charge in [-0.2, -0.15) is 0 Å². The van der Waals surface area contributed by atoms with Gasteiger partial charge >= 0.3 is 6.09 Å². The molecule has 1 aliphatic heterocycles. The summed E-state index contributed by atoms with van der Waals surface area (Å²) in [5.41, 5.74) is 3.30. The Balaban J connectivity index is 1.87. The van der Waals surface area contributed by atoms with E-state index in [1.165, 1.54) is 4.90 Å². The number of cyclic esters (lactones) is 1. The average molecular weight is 466 g/mol. The molecule has 0 spiro atoms. The number of amides is 3. The number of nitrogens with zero attached hydrogens (tertiary/aromatic N) is 1. The fourth-order valence-electron chi connectivity index (χ4n) is 3.89. The number of anilines is 1. The molecule has 1 saturated heterocycles. The summed E-state index contributed by atoms with van der Waals surface area (Å²) >= 11 is 0. The van der Waals surface area contributed by atoms with E-state index in [2.05, 4.69) is 10.6 Å². The molecule has 7 nitrogen and oxygen atoms in total. The quantitative estimate of drug-likeness (QED) is 0.556. The minimum Gasteiger partial charge on any atom is -0.438 e. The summed E-state index contributed by atoms with van der Waals surface area (Å²) in [6, 6.07) is 14.2. The summed E-state index contributed by atoms with van der Waals surface area (Å²) in [6.07, 6.45) is -0.913. The van der Waals surface area contributed by atoms with E-state index in [1.807, 2.05) is 65.0 Å². The zero-order chi connectivity index (χ0) is 24.8. The van der Waals surface area contributed by atoms with Gasteiger partial charge in [-0.3, -0.25) is 14.5 Å². The van der Waals surface area contributed by atoms with Crippen molar-refractivity contribution in [2.75, 3.05) is 11.9 Å². The zero-order valence-corrected chi connectivity index (χ0v) is 20.6. The number of carbonyl (C=O) groups is 3. The third kappa shape index (κ3) is 6.59. The van der Waals surface area contributed by atoms with Gasteiger partial charge in [-0.15, -0.1) is 0 Å². The van der Waals surface area contributed by atoms with Crippen LogP contribution in [0, 0.1) is 18.8 Å². The SMILES string of the molecule is Cc1ccc(CN2C(=O)O[C@H](c3cccc(NC(=O)CC(C)C)c3)[C@@H]2C(=O)NCC(C)C)cc1. The minimum absolute atomic E-state index is 0.0807. The van der Waals surface area contributed by atoms with Gasteiger partial charge in [0.1, 0.15) is 0 Å². The lowest BCUT2D eigenvalue weighted by molar-refractivity contribution is -0.126. The first-order valence-corrected chi connectivity index (χ1v) is 11.8. The Labute approximate surface area is 201 Å². The fraction of sp³-hybridized carbons (Fsp3) is 0.444. The predicted octanol–water partition coefficient (Wildman–Crippen LogP) is 4.81. The number of hydrogen-bond donors (Lipinski definition) is 2. The maximum absolute atomic E-state index is 13.3. The number of nitrogens with one attached hydrogen (secondary N) is 2. The first kappa shape index (κ1) is 25.3. The fourth-order valence-corrected chi connectivity index (χ4v) is 3.89. The molecule has 34 heavy (non-hydrogen) atoms. The van der Waals surface area contributed by atoms with Crippen molar-refractivity contribution in [3.63, 3.8) is 0 Å². The van der Waals surface area contributed by atoms with Crippen LogP contribution in [0.1, 0.15) is 56.9 Å². The van der Waals surface area contributed by atoms with Crippen molar-refractivity contribution in [3.8, 4) is 0 Å². The van der Waals surface area contributed by atoms with Crippen molar-refractivity contribution in [1.29, 1.82) is 0 Å². The van der Waals surface area contributed by atoms with Crippen molar-refractivity contribution >= 4 is 23.6 Å². The molecular weight excluding hydrogens is 430 g/mol. The Morgan fingerprint density at radius 3 is 2.38 bits per heavy atom. The molecule has 0 saturated carbocycles. The van der Waals surface area contributed by atoms with Gasteiger partial charge in [0.2, 0.25) is 11.8 Å². The summed E-state index contributed by atoms with van der Waals surface area (Å²) in [4.78, 5) is 39.9. The van der Waals surface area contributed by atoms with Gasteiger partial charge in [0.25, 0.3) is 0 Å². The van der Waals surface area contributed by atoms with Crippen molar-refractivity contribution in [3.05, 3.63) is 65.2 Å². The Hall–Kier alpha value is -3.35. The van der Waals surface area contributed by atoms with E-state index < -0.39 is 18.2 Å². The van der Waals surface area contributed by atoms with E-state index in [1.54, 1.807) is 18.2 Å². The number of rotatable bonds is 9. The van der Waals surface area contributed by atoms with Crippen molar-refractivity contribution in [2.24, 2.45) is 11.8 Å². The number of carbonyl (C=O) groups excluding carboxylic acids is 3. The van der Waals surface area contributed by atoms with Gasteiger partial charge in [-0.25, -0.2) is 4.79 Å². The van der Waals surface area contributed by atoms with Crippen LogP contribution < -0.4 is 10.6 Å². The molecule has 182 valence electrons. The molecule has 7 heteroatoms. The van der Waals surface area contributed by atoms with Crippen molar-refractivity contribution in [1.82, 2.24) is 10.2 Å². The van der Waals surface area contributed by atoms with Gasteiger partial charge in [0.05, 0.1) is 6.54 Å². The van der Waals surface area contributed by atoms with Crippen LogP contribution in [0.15, 0.2) is 48.5 Å². The van der Waals surface area contributed by atoms with Gasteiger partial charge in [-0.1, -0.05) is 69.7 Å². The second-order valence-electron chi connectivity index (χ2n) is 9.77. The van der Waals surface area contributed by atoms with Crippen LogP contribution in [0.3, 0.4) is 0 Å². The first-order valence-electron chi connectivity index (χ1n) is 11.8. The van der Waals surface area contributed by atoms with Gasteiger partial charge < -0.3 is 15.4 Å². The van der Waals surface area contributed by atoms with Gasteiger partial charge in [0, 0.05) is 18.7 Å². The maximum atomic E-state index is 13.3. The average Bonchev–Trinajstić information content (AvgIpc) is 3.09. The summed E-state index contributed by atoms with van der Waals surface area (Å²) in [5.74, 6) is 0.169. The second-order valence-corrected chi connectivity index (χ2v) is 9.77. The lowest BCUT2D eigenvalue weighted by Gasteiger charge is -2.25. The van der Waals surface area contributed by atoms with Gasteiger partial charge in [0.15, 0.2) is 12.1 Å². The molecule has 1 heterocycles. The Morgan fingerprint density at radius 2 is 1.74 bits per heavy atom. The number of benzene rings is 2. The molecule has 0 bridgehead atoms. The van der Waals surface area contributed by atoms with Crippen molar-refractivity contribution < 1.29 is 19.1 Å². The molecule has 2 atom stereocenters. The highest BCUT2D eigenvalue weighted by molar-refractivity contribution is 5.91. The Morgan fingerprint density at radius 1 is 1.03 bits per heavy atom. The molecule has 3 amide bonds. The van der Waals surface area contributed by atoms with Crippen LogP contribution in [0.5, 0.6) is 0 Å². The molecule has 0 aliphatic carbocycles. The topological polar surface area (TPSA) is 87.7 Å². The summed E-state index contributed by atoms with van der Waals surface area (Å²) in [7, 11) is 0. The number of hydrogen-bond acceptors (Lipinski definition) is 4. The summed E-state index contributed by atoms with van der Waals surface area (Å²) in [5, 5.41) is 5.85. The van der Waals surface area contributed by atoms with E-state index in [0.29, 0.717) is 24.2 Å². The largest absolute Gasteiger partial charge is 0.438 e. The van der Waals surface area contributed by atoms with Crippen LogP contribution in [-0.2, 0) is 20.9 Å². The smallest absolute Gasteiger partial charge is 0.411 e. The highest BCUT2D eigenvalue weighted by atomic mass is 16.6. The number of aryl methyl sites for hydroxylation is 1. The van der Waals surface area contributed by atoms with Crippen LogP contribution in [0.2, 0.25) is 0 Å². The standard InChI is InChI=1S/C27H35N3O4/c1-17(2)13-23(31)29-22-8-6-7-21(14-22)25-24(26(32)28-15-18(3)4)30(27(33)34-25)16-20-11-9-19(5)10-12-20/h6-12,14,17-18,24-25H,13,15-16H2,1-5H3,(H,28,32)(H,29,31)/t24-,25-/m1/s1. The van der Waals surface area contributed by atoms with Crippen LogP contribution in [0.25, 0.3) is 0 Å². The third-order valence-electron chi connectivity index (χ3n) is 5.60. The van der Waals surface area contributed by atoms with Crippen LogP contribution >= 0.6 is 0 Å². The molecule has 3 rings (SSSR count). The first-order chi connectivity index (χ1) is 16.1. The Kier molecular flexibility index (Phi) is 8.31. The molecule has 0 radical (unpaired) electrons. The van der Waals surface area contributed by atoms with Crippen LogP contribution in [-0.4, -0.2) is 35.4 Å². The molecule has 1 aliphatic rings. The molecule has 2 N–H and O–H groups in total.